The molecule has 0 spiro atoms. The summed E-state index contributed by atoms with van der Waals surface area (Å²) in [7, 11) is 1.49. The number of halogens is 3. The third-order valence-corrected chi connectivity index (χ3v) is 6.49. The van der Waals surface area contributed by atoms with Crippen LogP contribution in [0.2, 0.25) is 10.0 Å². The molecule has 1 saturated heterocycles. The van der Waals surface area contributed by atoms with Crippen molar-refractivity contribution in [3.8, 4) is 11.5 Å². The Kier molecular flexibility index (Phi) is 7.70. The molecule has 4 rings (SSSR count). The third-order valence-electron chi connectivity index (χ3n) is 5.70. The number of carbonyl (C=O) groups excluding carboxylic acids is 1. The molecule has 1 unspecified atom stereocenters. The van der Waals surface area contributed by atoms with Crippen LogP contribution in [0.5, 0.6) is 11.5 Å². The maximum absolute atomic E-state index is 14.7. The van der Waals surface area contributed by atoms with Gasteiger partial charge in [-0.05, 0) is 45.7 Å². The van der Waals surface area contributed by atoms with Crippen molar-refractivity contribution in [3.05, 3.63) is 40.4 Å². The number of nitrogen functional groups attached to an aromatic ring is 1. The first kappa shape index (κ1) is 26.8. The van der Waals surface area contributed by atoms with Crippen molar-refractivity contribution in [2.24, 2.45) is 0 Å². The van der Waals surface area contributed by atoms with Crippen molar-refractivity contribution in [2.45, 2.75) is 45.3 Å². The summed E-state index contributed by atoms with van der Waals surface area (Å²) >= 11 is 11.9. The van der Waals surface area contributed by atoms with Crippen LogP contribution < -0.4 is 20.5 Å². The highest BCUT2D eigenvalue weighted by Gasteiger charge is 2.30. The Hall–Kier alpha value is -3.24. The highest BCUT2D eigenvalue weighted by Crippen LogP contribution is 2.43. The zero-order chi connectivity index (χ0) is 26.9. The van der Waals surface area contributed by atoms with Crippen molar-refractivity contribution < 1.29 is 23.4 Å². The molecule has 3 aromatic rings. The van der Waals surface area contributed by atoms with E-state index in [-0.39, 0.29) is 39.1 Å². The molecule has 2 heterocycles. The second-order valence-corrected chi connectivity index (χ2v) is 10.4. The van der Waals surface area contributed by atoms with Crippen molar-refractivity contribution >= 4 is 57.4 Å². The Balaban J connectivity index is 1.67. The molecule has 1 amide bonds. The van der Waals surface area contributed by atoms with Gasteiger partial charge in [-0.1, -0.05) is 23.2 Å². The average molecular weight is 552 g/mol. The fourth-order valence-corrected chi connectivity index (χ4v) is 4.33. The summed E-state index contributed by atoms with van der Waals surface area (Å²) in [6.07, 6.45) is 1.99. The molecular weight excluding hydrogens is 524 g/mol. The lowest BCUT2D eigenvalue weighted by molar-refractivity contribution is 0.00763. The molecule has 1 aromatic heterocycles. The van der Waals surface area contributed by atoms with E-state index in [0.717, 1.165) is 6.42 Å². The van der Waals surface area contributed by atoms with Crippen molar-refractivity contribution in [2.75, 3.05) is 31.2 Å². The van der Waals surface area contributed by atoms with Crippen LogP contribution in [0.3, 0.4) is 0 Å². The molecule has 1 aliphatic rings. The number of nitrogens with zero attached hydrogens (tertiary/aromatic N) is 3. The van der Waals surface area contributed by atoms with E-state index >= 15 is 0 Å². The number of anilines is 3. The normalized spacial score (nSPS) is 16.0. The molecule has 1 aliphatic heterocycles. The lowest BCUT2D eigenvalue weighted by Crippen LogP contribution is -2.46. The predicted octanol–water partition coefficient (Wildman–Crippen LogP) is 6.19. The van der Waals surface area contributed by atoms with Gasteiger partial charge in [-0.2, -0.15) is 0 Å². The highest BCUT2D eigenvalue weighted by molar-refractivity contribution is 6.42. The monoisotopic (exact) mass is 551 g/mol. The van der Waals surface area contributed by atoms with E-state index < -0.39 is 17.5 Å². The Morgan fingerprint density at radius 3 is 2.73 bits per heavy atom. The van der Waals surface area contributed by atoms with Crippen molar-refractivity contribution in [1.82, 2.24) is 14.9 Å². The van der Waals surface area contributed by atoms with E-state index in [4.69, 9.17) is 43.1 Å². The number of hydrogen-bond donors (Lipinski definition) is 2. The number of fused-ring (bicyclic) bond motifs is 1. The number of methoxy groups -OCH3 is 1. The minimum absolute atomic E-state index is 0.0624. The molecule has 37 heavy (non-hydrogen) atoms. The van der Waals surface area contributed by atoms with Gasteiger partial charge in [0.2, 0.25) is 0 Å². The summed E-state index contributed by atoms with van der Waals surface area (Å²) < 4.78 is 32.1. The van der Waals surface area contributed by atoms with Crippen LogP contribution in [-0.2, 0) is 4.74 Å². The highest BCUT2D eigenvalue weighted by atomic mass is 35.5. The topological polar surface area (TPSA) is 112 Å². The van der Waals surface area contributed by atoms with Gasteiger partial charge in [0.25, 0.3) is 0 Å². The average Bonchev–Trinajstić information content (AvgIpc) is 2.85. The molecule has 3 N–H and O–H groups in total. The van der Waals surface area contributed by atoms with Gasteiger partial charge < -0.3 is 30.2 Å². The summed E-state index contributed by atoms with van der Waals surface area (Å²) in [6.45, 7) is 6.35. The quantitative estimate of drug-likeness (QED) is 0.285. The number of nitrogens with two attached hydrogens (primary N) is 1. The van der Waals surface area contributed by atoms with E-state index in [1.807, 2.05) is 20.8 Å². The molecule has 0 aliphatic carbocycles. The lowest BCUT2D eigenvalue weighted by Gasteiger charge is -2.34. The Morgan fingerprint density at radius 1 is 1.27 bits per heavy atom. The number of likely N-dealkylation sites (tertiary alicyclic amines) is 1. The SMILES string of the molecule is COc1cc2ncnc(Nc3ccc(Cl)c(Cl)c3F)c2c(N)c1OC1CCCN(C(=O)OC(C)(C)C)C1. The van der Waals surface area contributed by atoms with E-state index in [0.29, 0.717) is 36.2 Å². The fourth-order valence-electron chi connectivity index (χ4n) is 4.02. The van der Waals surface area contributed by atoms with Gasteiger partial charge >= 0.3 is 6.09 Å². The number of amides is 1. The standard InChI is InChI=1S/C25H28Cl2FN5O4/c1-25(2,3)37-24(34)33-9-5-6-13(11-33)36-22-17(35-4)10-16-18(21(22)29)23(31-12-30-16)32-15-8-7-14(26)19(27)20(15)28/h7-8,10,12-13H,5-6,9,11,29H2,1-4H3,(H,30,31,32). The molecule has 198 valence electrons. The maximum Gasteiger partial charge on any atom is 0.410 e. The van der Waals surface area contributed by atoms with Gasteiger partial charge in [0.1, 0.15) is 23.9 Å². The number of ether oxygens (including phenoxy) is 3. The number of carbonyl (C=O) groups is 1. The second-order valence-electron chi connectivity index (χ2n) is 9.59. The van der Waals surface area contributed by atoms with Gasteiger partial charge in [-0.25, -0.2) is 19.2 Å². The maximum atomic E-state index is 14.7. The largest absolute Gasteiger partial charge is 0.493 e. The number of aromatic nitrogens is 2. The lowest BCUT2D eigenvalue weighted by atomic mass is 10.1. The zero-order valence-corrected chi connectivity index (χ0v) is 22.4. The van der Waals surface area contributed by atoms with Gasteiger partial charge in [0.15, 0.2) is 17.3 Å². The van der Waals surface area contributed by atoms with Crippen molar-refractivity contribution in [3.63, 3.8) is 0 Å². The van der Waals surface area contributed by atoms with Crippen LogP contribution in [0.1, 0.15) is 33.6 Å². The molecule has 0 radical (unpaired) electrons. The molecule has 9 nitrogen and oxygen atoms in total. The van der Waals surface area contributed by atoms with Gasteiger partial charge in [-0.3, -0.25) is 0 Å². The molecule has 12 heteroatoms. The molecule has 2 aromatic carbocycles. The first-order valence-electron chi connectivity index (χ1n) is 11.6. The van der Waals surface area contributed by atoms with Crippen LogP contribution in [-0.4, -0.2) is 52.9 Å². The summed E-state index contributed by atoms with van der Waals surface area (Å²) in [5, 5.41) is 3.20. The number of rotatable bonds is 5. The van der Waals surface area contributed by atoms with Crippen LogP contribution >= 0.6 is 23.2 Å². The smallest absolute Gasteiger partial charge is 0.410 e. The summed E-state index contributed by atoms with van der Waals surface area (Å²) in [5.41, 5.74) is 6.68. The first-order chi connectivity index (χ1) is 17.5. The van der Waals surface area contributed by atoms with Crippen LogP contribution in [0.25, 0.3) is 10.9 Å². The second kappa shape index (κ2) is 10.6. The van der Waals surface area contributed by atoms with Gasteiger partial charge in [0.05, 0.1) is 46.0 Å². The van der Waals surface area contributed by atoms with Crippen molar-refractivity contribution in [1.29, 1.82) is 0 Å². The summed E-state index contributed by atoms with van der Waals surface area (Å²) in [4.78, 5) is 22.8. The van der Waals surface area contributed by atoms with Crippen LogP contribution in [0.4, 0.5) is 26.4 Å². The predicted molar refractivity (Wildman–Crippen MR) is 142 cm³/mol. The first-order valence-corrected chi connectivity index (χ1v) is 12.4. The van der Waals surface area contributed by atoms with Gasteiger partial charge in [0, 0.05) is 12.6 Å². The fraction of sp³-hybridized carbons (Fsp3) is 0.400. The molecule has 0 saturated carbocycles. The van der Waals surface area contributed by atoms with E-state index in [9.17, 15) is 9.18 Å². The molecular formula is C25H28Cl2FN5O4. The van der Waals surface area contributed by atoms with E-state index in [2.05, 4.69) is 15.3 Å². The van der Waals surface area contributed by atoms with Gasteiger partial charge in [-0.15, -0.1) is 0 Å². The molecule has 1 fully saturated rings. The van der Waals surface area contributed by atoms with Crippen LogP contribution in [0, 0.1) is 5.82 Å². The molecule has 1 atom stereocenters. The minimum Gasteiger partial charge on any atom is -0.493 e. The number of benzene rings is 2. The summed E-state index contributed by atoms with van der Waals surface area (Å²) in [6, 6.07) is 4.58. The Labute approximate surface area is 224 Å². The number of nitrogens with one attached hydrogen (secondary N) is 1. The number of piperidine rings is 1. The minimum atomic E-state index is -0.728. The number of hydrogen-bond acceptors (Lipinski definition) is 8. The van der Waals surface area contributed by atoms with Crippen LogP contribution in [0.15, 0.2) is 24.5 Å². The zero-order valence-electron chi connectivity index (χ0n) is 20.9. The van der Waals surface area contributed by atoms with E-state index in [1.165, 1.54) is 25.6 Å². The molecule has 0 bridgehead atoms. The Morgan fingerprint density at radius 2 is 2.03 bits per heavy atom. The Bertz CT molecular complexity index is 1330. The van der Waals surface area contributed by atoms with E-state index in [1.54, 1.807) is 11.0 Å². The summed E-state index contributed by atoms with van der Waals surface area (Å²) in [5.74, 6) is 0.156. The third kappa shape index (κ3) is 5.86.